The fourth-order valence-corrected chi connectivity index (χ4v) is 2.77. The summed E-state index contributed by atoms with van der Waals surface area (Å²) >= 11 is 6.22. The molecule has 0 aliphatic rings. The van der Waals surface area contributed by atoms with Gasteiger partial charge >= 0.3 is 0 Å². The van der Waals surface area contributed by atoms with Gasteiger partial charge in [-0.15, -0.1) is 0 Å². The summed E-state index contributed by atoms with van der Waals surface area (Å²) in [6.45, 7) is 4.01. The van der Waals surface area contributed by atoms with E-state index >= 15 is 0 Å². The monoisotopic (exact) mass is 292 g/mol. The van der Waals surface area contributed by atoms with Gasteiger partial charge < -0.3 is 5.11 Å². The van der Waals surface area contributed by atoms with Gasteiger partial charge in [-0.05, 0) is 24.8 Å². The van der Waals surface area contributed by atoms with Crippen molar-refractivity contribution in [2.45, 2.75) is 38.7 Å². The molecular formula is C16H21ClN2O. The van der Waals surface area contributed by atoms with Crippen LogP contribution in [0.1, 0.15) is 36.2 Å². The van der Waals surface area contributed by atoms with E-state index in [1.807, 2.05) is 32.2 Å². The van der Waals surface area contributed by atoms with Crippen LogP contribution in [0.2, 0.25) is 5.02 Å². The smallest absolute Gasteiger partial charge is 0.0847 e. The van der Waals surface area contributed by atoms with Crippen molar-refractivity contribution in [2.24, 2.45) is 7.05 Å². The minimum atomic E-state index is -0.419. The standard InChI is InChI=1S/C16H21ClN2O/c1-11(13-7-5-4-6-8-13)9-14(20)10-15-16(17)12(2)18-19(15)3/h4-8,11,14,20H,9-10H2,1-3H3. The molecule has 0 radical (unpaired) electrons. The second-order valence-corrected chi connectivity index (χ2v) is 5.75. The highest BCUT2D eigenvalue weighted by Crippen LogP contribution is 2.25. The summed E-state index contributed by atoms with van der Waals surface area (Å²) in [7, 11) is 1.86. The van der Waals surface area contributed by atoms with Crippen LogP contribution in [-0.4, -0.2) is 21.0 Å². The van der Waals surface area contributed by atoms with Crippen LogP contribution in [0.25, 0.3) is 0 Å². The molecule has 2 aromatic rings. The Labute approximate surface area is 125 Å². The third-order valence-corrected chi connectivity index (χ3v) is 4.18. The predicted octanol–water partition coefficient (Wildman–Crippen LogP) is 3.48. The van der Waals surface area contributed by atoms with E-state index in [9.17, 15) is 5.11 Å². The fraction of sp³-hybridized carbons (Fsp3) is 0.438. The number of rotatable bonds is 5. The quantitative estimate of drug-likeness (QED) is 0.916. The van der Waals surface area contributed by atoms with Crippen LogP contribution in [-0.2, 0) is 13.5 Å². The van der Waals surface area contributed by atoms with Crippen molar-refractivity contribution in [3.63, 3.8) is 0 Å². The molecule has 3 nitrogen and oxygen atoms in total. The van der Waals surface area contributed by atoms with E-state index in [1.54, 1.807) is 4.68 Å². The Kier molecular flexibility index (Phi) is 4.84. The van der Waals surface area contributed by atoms with Crippen molar-refractivity contribution < 1.29 is 5.11 Å². The number of nitrogens with zero attached hydrogens (tertiary/aromatic N) is 2. The summed E-state index contributed by atoms with van der Waals surface area (Å²) in [5, 5.41) is 15.2. The Morgan fingerprint density at radius 2 is 1.95 bits per heavy atom. The zero-order valence-electron chi connectivity index (χ0n) is 12.2. The molecule has 1 aromatic carbocycles. The number of hydrogen-bond donors (Lipinski definition) is 1. The summed E-state index contributed by atoms with van der Waals surface area (Å²) in [6, 6.07) is 10.3. The van der Waals surface area contributed by atoms with Crippen LogP contribution in [0.5, 0.6) is 0 Å². The van der Waals surface area contributed by atoms with Crippen molar-refractivity contribution in [1.29, 1.82) is 0 Å². The molecule has 2 unspecified atom stereocenters. The summed E-state index contributed by atoms with van der Waals surface area (Å²) in [5.74, 6) is 0.319. The first-order valence-corrected chi connectivity index (χ1v) is 7.27. The zero-order valence-corrected chi connectivity index (χ0v) is 12.9. The predicted molar refractivity (Wildman–Crippen MR) is 82.1 cm³/mol. The van der Waals surface area contributed by atoms with Crippen molar-refractivity contribution >= 4 is 11.6 Å². The molecule has 0 aliphatic heterocycles. The topological polar surface area (TPSA) is 38.0 Å². The van der Waals surface area contributed by atoms with Crippen molar-refractivity contribution in [3.05, 3.63) is 52.3 Å². The normalized spacial score (nSPS) is 14.2. The molecule has 1 heterocycles. The van der Waals surface area contributed by atoms with Crippen LogP contribution < -0.4 is 0 Å². The molecule has 0 amide bonds. The van der Waals surface area contributed by atoms with E-state index in [2.05, 4.69) is 24.2 Å². The van der Waals surface area contributed by atoms with Crippen molar-refractivity contribution in [3.8, 4) is 0 Å². The minimum absolute atomic E-state index is 0.319. The highest BCUT2D eigenvalue weighted by Gasteiger charge is 2.18. The fourth-order valence-electron chi connectivity index (χ4n) is 2.53. The van der Waals surface area contributed by atoms with Gasteiger partial charge in [0.2, 0.25) is 0 Å². The lowest BCUT2D eigenvalue weighted by atomic mass is 9.93. The maximum absolute atomic E-state index is 10.3. The molecule has 0 saturated carbocycles. The Balaban J connectivity index is 2.00. The van der Waals surface area contributed by atoms with Gasteiger partial charge in [0, 0.05) is 13.5 Å². The third kappa shape index (κ3) is 3.41. The van der Waals surface area contributed by atoms with Crippen LogP contribution in [0.15, 0.2) is 30.3 Å². The summed E-state index contributed by atoms with van der Waals surface area (Å²) in [5.41, 5.74) is 2.96. The van der Waals surface area contributed by atoms with Gasteiger partial charge in [0.25, 0.3) is 0 Å². The number of aliphatic hydroxyl groups is 1. The van der Waals surface area contributed by atoms with Gasteiger partial charge in [-0.2, -0.15) is 5.10 Å². The highest BCUT2D eigenvalue weighted by molar-refractivity contribution is 6.31. The van der Waals surface area contributed by atoms with E-state index in [0.717, 1.165) is 11.4 Å². The molecule has 20 heavy (non-hydrogen) atoms. The molecule has 0 aliphatic carbocycles. The van der Waals surface area contributed by atoms with Crippen molar-refractivity contribution in [1.82, 2.24) is 9.78 Å². The molecule has 108 valence electrons. The summed E-state index contributed by atoms with van der Waals surface area (Å²) < 4.78 is 1.76. The van der Waals surface area contributed by atoms with Crippen LogP contribution in [0, 0.1) is 6.92 Å². The SMILES string of the molecule is Cc1nn(C)c(CC(O)CC(C)c2ccccc2)c1Cl. The van der Waals surface area contributed by atoms with E-state index in [-0.39, 0.29) is 0 Å². The van der Waals surface area contributed by atoms with Gasteiger partial charge in [0.05, 0.1) is 22.5 Å². The van der Waals surface area contributed by atoms with Crippen LogP contribution in [0.4, 0.5) is 0 Å². The molecule has 1 N–H and O–H groups in total. The first-order chi connectivity index (χ1) is 9.49. The molecule has 1 aromatic heterocycles. The van der Waals surface area contributed by atoms with Crippen molar-refractivity contribution in [2.75, 3.05) is 0 Å². The van der Waals surface area contributed by atoms with E-state index in [4.69, 9.17) is 11.6 Å². The lowest BCUT2D eigenvalue weighted by Crippen LogP contribution is -2.16. The van der Waals surface area contributed by atoms with Crippen LogP contribution >= 0.6 is 11.6 Å². The van der Waals surface area contributed by atoms with E-state index in [1.165, 1.54) is 5.56 Å². The summed E-state index contributed by atoms with van der Waals surface area (Å²) in [4.78, 5) is 0. The van der Waals surface area contributed by atoms with Gasteiger partial charge in [-0.3, -0.25) is 4.68 Å². The van der Waals surface area contributed by atoms with Gasteiger partial charge in [0.1, 0.15) is 0 Å². The molecule has 0 bridgehead atoms. The first-order valence-electron chi connectivity index (χ1n) is 6.90. The second-order valence-electron chi connectivity index (χ2n) is 5.38. The molecule has 0 spiro atoms. The largest absolute Gasteiger partial charge is 0.393 e. The summed E-state index contributed by atoms with van der Waals surface area (Å²) in [6.07, 6.45) is 0.829. The number of halogens is 1. The average molecular weight is 293 g/mol. The molecule has 0 saturated heterocycles. The van der Waals surface area contributed by atoms with Gasteiger partial charge in [0.15, 0.2) is 0 Å². The molecule has 2 atom stereocenters. The first kappa shape index (κ1) is 15.1. The van der Waals surface area contributed by atoms with Gasteiger partial charge in [-0.25, -0.2) is 0 Å². The number of hydrogen-bond acceptors (Lipinski definition) is 2. The Bertz CT molecular complexity index is 565. The Hall–Kier alpha value is -1.32. The third-order valence-electron chi connectivity index (χ3n) is 3.68. The molecule has 2 rings (SSSR count). The lowest BCUT2D eigenvalue weighted by molar-refractivity contribution is 0.155. The average Bonchev–Trinajstić information content (AvgIpc) is 2.66. The van der Waals surface area contributed by atoms with E-state index in [0.29, 0.717) is 23.8 Å². The van der Waals surface area contributed by atoms with Gasteiger partial charge in [-0.1, -0.05) is 48.9 Å². The maximum atomic E-state index is 10.3. The number of benzene rings is 1. The molecule has 4 heteroatoms. The maximum Gasteiger partial charge on any atom is 0.0847 e. The molecule has 0 fully saturated rings. The Morgan fingerprint density at radius 1 is 1.30 bits per heavy atom. The van der Waals surface area contributed by atoms with Crippen LogP contribution in [0.3, 0.4) is 0 Å². The minimum Gasteiger partial charge on any atom is -0.393 e. The highest BCUT2D eigenvalue weighted by atomic mass is 35.5. The lowest BCUT2D eigenvalue weighted by Gasteiger charge is -2.17. The molecular weight excluding hydrogens is 272 g/mol. The Morgan fingerprint density at radius 3 is 2.50 bits per heavy atom. The number of aliphatic hydroxyl groups excluding tert-OH is 1. The van der Waals surface area contributed by atoms with E-state index < -0.39 is 6.10 Å². The number of aryl methyl sites for hydroxylation is 2. The number of aromatic nitrogens is 2. The zero-order chi connectivity index (χ0) is 14.7. The second kappa shape index (κ2) is 6.42.